The van der Waals surface area contributed by atoms with E-state index < -0.39 is 0 Å². The highest BCUT2D eigenvalue weighted by atomic mass is 35.5. The van der Waals surface area contributed by atoms with E-state index in [4.69, 9.17) is 11.6 Å². The summed E-state index contributed by atoms with van der Waals surface area (Å²) in [6, 6.07) is 7.02. The van der Waals surface area contributed by atoms with Crippen molar-refractivity contribution < 1.29 is 5.11 Å². The third-order valence-corrected chi connectivity index (χ3v) is 4.71. The van der Waals surface area contributed by atoms with Gasteiger partial charge in [0.1, 0.15) is 0 Å². The number of anilines is 1. The molecule has 2 atom stereocenters. The van der Waals surface area contributed by atoms with Gasteiger partial charge >= 0.3 is 0 Å². The van der Waals surface area contributed by atoms with E-state index in [1.54, 1.807) is 0 Å². The number of nitrogens with zero attached hydrogens (tertiary/aromatic N) is 1. The minimum Gasteiger partial charge on any atom is -0.393 e. The van der Waals surface area contributed by atoms with E-state index in [2.05, 4.69) is 16.3 Å². The molecule has 1 aromatic rings. The summed E-state index contributed by atoms with van der Waals surface area (Å²) >= 11 is 6.46. The van der Waals surface area contributed by atoms with E-state index in [0.29, 0.717) is 12.1 Å². The van der Waals surface area contributed by atoms with E-state index >= 15 is 0 Å². The third-order valence-electron chi connectivity index (χ3n) is 4.40. The summed E-state index contributed by atoms with van der Waals surface area (Å²) in [4.78, 5) is 2.47. The first-order chi connectivity index (χ1) is 9.20. The molecule has 104 valence electrons. The number of hydrogen-bond donors (Lipinski definition) is 2. The lowest BCUT2D eigenvalue weighted by atomic mass is 9.97. The average molecular weight is 281 g/mol. The number of aliphatic hydroxyl groups excluding tert-OH is 1. The molecule has 2 N–H and O–H groups in total. The minimum absolute atomic E-state index is 0.135. The monoisotopic (exact) mass is 280 g/mol. The van der Waals surface area contributed by atoms with E-state index in [1.807, 2.05) is 19.2 Å². The Labute approximate surface area is 119 Å². The topological polar surface area (TPSA) is 35.5 Å². The fourth-order valence-electron chi connectivity index (χ4n) is 3.70. The van der Waals surface area contributed by atoms with Gasteiger partial charge in [0.15, 0.2) is 0 Å². The van der Waals surface area contributed by atoms with Crippen molar-refractivity contribution in [3.05, 3.63) is 28.8 Å². The quantitative estimate of drug-likeness (QED) is 0.893. The highest BCUT2D eigenvalue weighted by Crippen LogP contribution is 2.43. The van der Waals surface area contributed by atoms with Crippen LogP contribution in [0.1, 0.15) is 31.2 Å². The van der Waals surface area contributed by atoms with Crippen LogP contribution in [0.2, 0.25) is 5.02 Å². The SMILES string of the molecule is CNCc1cccc(Cl)c1N1C2CCC1CC(O)C2. The van der Waals surface area contributed by atoms with E-state index in [0.717, 1.165) is 24.4 Å². The van der Waals surface area contributed by atoms with Crippen molar-refractivity contribution in [1.29, 1.82) is 0 Å². The van der Waals surface area contributed by atoms with Gasteiger partial charge in [-0.2, -0.15) is 0 Å². The largest absolute Gasteiger partial charge is 0.393 e. The molecule has 0 saturated carbocycles. The maximum atomic E-state index is 9.92. The van der Waals surface area contributed by atoms with Crippen molar-refractivity contribution in [2.45, 2.75) is 50.4 Å². The predicted octanol–water partition coefficient (Wildman–Crippen LogP) is 2.55. The fourth-order valence-corrected chi connectivity index (χ4v) is 3.99. The zero-order chi connectivity index (χ0) is 13.4. The predicted molar refractivity (Wildman–Crippen MR) is 78.7 cm³/mol. The summed E-state index contributed by atoms with van der Waals surface area (Å²) in [6.07, 6.45) is 3.96. The number of piperidine rings is 1. The first kappa shape index (κ1) is 13.2. The molecular weight excluding hydrogens is 260 g/mol. The van der Waals surface area contributed by atoms with Crippen LogP contribution >= 0.6 is 11.6 Å². The van der Waals surface area contributed by atoms with Gasteiger partial charge in [0.2, 0.25) is 0 Å². The molecule has 0 spiro atoms. The van der Waals surface area contributed by atoms with Gasteiger partial charge in [-0.1, -0.05) is 23.7 Å². The molecule has 2 aliphatic rings. The Morgan fingerprint density at radius 3 is 2.63 bits per heavy atom. The summed E-state index contributed by atoms with van der Waals surface area (Å²) in [7, 11) is 1.96. The molecule has 0 aliphatic carbocycles. The number of para-hydroxylation sites is 1. The fraction of sp³-hybridized carbons (Fsp3) is 0.600. The lowest BCUT2D eigenvalue weighted by molar-refractivity contribution is 0.126. The second-order valence-electron chi connectivity index (χ2n) is 5.70. The van der Waals surface area contributed by atoms with Gasteiger partial charge < -0.3 is 15.3 Å². The van der Waals surface area contributed by atoms with Crippen LogP contribution in [0.15, 0.2) is 18.2 Å². The second kappa shape index (κ2) is 5.31. The van der Waals surface area contributed by atoms with Gasteiger partial charge in [0.05, 0.1) is 16.8 Å². The van der Waals surface area contributed by atoms with Crippen LogP contribution in [-0.2, 0) is 6.54 Å². The molecule has 2 unspecified atom stereocenters. The molecule has 4 heteroatoms. The number of fused-ring (bicyclic) bond motifs is 2. The first-order valence-corrected chi connectivity index (χ1v) is 7.47. The lowest BCUT2D eigenvalue weighted by Gasteiger charge is -2.40. The molecular formula is C15H21ClN2O. The van der Waals surface area contributed by atoms with Crippen LogP contribution in [0.4, 0.5) is 5.69 Å². The highest BCUT2D eigenvalue weighted by Gasteiger charge is 2.41. The van der Waals surface area contributed by atoms with Crippen molar-refractivity contribution in [1.82, 2.24) is 5.32 Å². The van der Waals surface area contributed by atoms with Gasteiger partial charge in [-0.05, 0) is 44.4 Å². The molecule has 3 nitrogen and oxygen atoms in total. The van der Waals surface area contributed by atoms with Crippen molar-refractivity contribution >= 4 is 17.3 Å². The third kappa shape index (κ3) is 2.35. The van der Waals surface area contributed by atoms with Crippen molar-refractivity contribution in [3.63, 3.8) is 0 Å². The Morgan fingerprint density at radius 1 is 1.32 bits per heavy atom. The number of halogens is 1. The lowest BCUT2D eigenvalue weighted by Crippen LogP contribution is -2.45. The zero-order valence-corrected chi connectivity index (χ0v) is 12.0. The Hall–Kier alpha value is -0.770. The van der Waals surface area contributed by atoms with E-state index in [1.165, 1.54) is 24.1 Å². The maximum Gasteiger partial charge on any atom is 0.0643 e. The van der Waals surface area contributed by atoms with Gasteiger partial charge in [-0.3, -0.25) is 0 Å². The van der Waals surface area contributed by atoms with Crippen LogP contribution in [0.25, 0.3) is 0 Å². The van der Waals surface area contributed by atoms with Crippen molar-refractivity contribution in [3.8, 4) is 0 Å². The zero-order valence-electron chi connectivity index (χ0n) is 11.3. The van der Waals surface area contributed by atoms with Crippen LogP contribution in [0.5, 0.6) is 0 Å². The number of aliphatic hydroxyl groups is 1. The van der Waals surface area contributed by atoms with Gasteiger partial charge in [0.25, 0.3) is 0 Å². The Bertz CT molecular complexity index is 451. The summed E-state index contributed by atoms with van der Waals surface area (Å²) in [5, 5.41) is 14.0. The molecule has 0 amide bonds. The van der Waals surface area contributed by atoms with Crippen LogP contribution in [0.3, 0.4) is 0 Å². The van der Waals surface area contributed by atoms with Gasteiger partial charge in [-0.25, -0.2) is 0 Å². The molecule has 2 saturated heterocycles. The Morgan fingerprint density at radius 2 is 2.00 bits per heavy atom. The molecule has 1 aromatic carbocycles. The molecule has 2 bridgehead atoms. The van der Waals surface area contributed by atoms with Crippen LogP contribution < -0.4 is 10.2 Å². The van der Waals surface area contributed by atoms with Crippen LogP contribution in [0, 0.1) is 0 Å². The van der Waals surface area contributed by atoms with Gasteiger partial charge in [-0.15, -0.1) is 0 Å². The molecule has 0 radical (unpaired) electrons. The van der Waals surface area contributed by atoms with Crippen molar-refractivity contribution in [2.75, 3.05) is 11.9 Å². The van der Waals surface area contributed by atoms with E-state index in [-0.39, 0.29) is 6.10 Å². The normalized spacial score (nSPS) is 29.8. The Kier molecular flexibility index (Phi) is 3.70. The molecule has 19 heavy (non-hydrogen) atoms. The smallest absolute Gasteiger partial charge is 0.0643 e. The summed E-state index contributed by atoms with van der Waals surface area (Å²) in [6.45, 7) is 0.828. The number of hydrogen-bond acceptors (Lipinski definition) is 3. The molecule has 3 rings (SSSR count). The number of benzene rings is 1. The Balaban J connectivity index is 1.98. The second-order valence-corrected chi connectivity index (χ2v) is 6.10. The molecule has 0 aromatic heterocycles. The number of nitrogens with one attached hydrogen (secondary N) is 1. The number of rotatable bonds is 3. The summed E-state index contributed by atoms with van der Waals surface area (Å²) < 4.78 is 0. The standard InChI is InChI=1S/C15H21ClN2O/c1-17-9-10-3-2-4-14(16)15(10)18-11-5-6-12(18)8-13(19)7-11/h2-4,11-13,17,19H,5-9H2,1H3. The van der Waals surface area contributed by atoms with E-state index in [9.17, 15) is 5.11 Å². The first-order valence-electron chi connectivity index (χ1n) is 7.09. The molecule has 2 fully saturated rings. The molecule has 2 heterocycles. The average Bonchev–Trinajstić information content (AvgIpc) is 2.63. The summed E-state index contributed by atoms with van der Waals surface area (Å²) in [5.74, 6) is 0. The van der Waals surface area contributed by atoms with Gasteiger partial charge in [0, 0.05) is 18.6 Å². The maximum absolute atomic E-state index is 9.92. The molecule has 2 aliphatic heterocycles. The minimum atomic E-state index is -0.135. The summed E-state index contributed by atoms with van der Waals surface area (Å²) in [5.41, 5.74) is 2.43. The van der Waals surface area contributed by atoms with Crippen LogP contribution in [-0.4, -0.2) is 30.3 Å². The van der Waals surface area contributed by atoms with Crippen molar-refractivity contribution in [2.24, 2.45) is 0 Å². The highest BCUT2D eigenvalue weighted by molar-refractivity contribution is 6.33.